The zero-order valence-electron chi connectivity index (χ0n) is 10.7. The SMILES string of the molecule is Cc1cccc(N)c1-c1nc(-c2nccn2C)no1. The number of hydrogen-bond donors (Lipinski definition) is 1. The Balaban J connectivity index is 2.10. The lowest BCUT2D eigenvalue weighted by atomic mass is 10.1. The molecule has 6 heteroatoms. The summed E-state index contributed by atoms with van der Waals surface area (Å²) in [6.07, 6.45) is 3.51. The highest BCUT2D eigenvalue weighted by Gasteiger charge is 2.16. The first-order chi connectivity index (χ1) is 9.16. The molecule has 0 aliphatic rings. The molecule has 3 aromatic rings. The van der Waals surface area contributed by atoms with Crippen LogP contribution in [0.2, 0.25) is 0 Å². The van der Waals surface area contributed by atoms with Crippen LogP contribution in [0.5, 0.6) is 0 Å². The highest BCUT2D eigenvalue weighted by Crippen LogP contribution is 2.29. The molecular weight excluding hydrogens is 242 g/mol. The average Bonchev–Trinajstić information content (AvgIpc) is 2.98. The van der Waals surface area contributed by atoms with Crippen LogP contribution in [0.3, 0.4) is 0 Å². The topological polar surface area (TPSA) is 82.8 Å². The largest absolute Gasteiger partial charge is 0.398 e. The summed E-state index contributed by atoms with van der Waals surface area (Å²) in [6.45, 7) is 1.95. The van der Waals surface area contributed by atoms with Crippen molar-refractivity contribution in [2.75, 3.05) is 5.73 Å². The number of rotatable bonds is 2. The van der Waals surface area contributed by atoms with Crippen LogP contribution in [0.1, 0.15) is 5.56 Å². The van der Waals surface area contributed by atoms with E-state index in [2.05, 4.69) is 15.1 Å². The van der Waals surface area contributed by atoms with Gasteiger partial charge in [-0.2, -0.15) is 4.98 Å². The second-order valence-electron chi connectivity index (χ2n) is 4.32. The molecule has 0 bridgehead atoms. The van der Waals surface area contributed by atoms with E-state index in [4.69, 9.17) is 10.3 Å². The van der Waals surface area contributed by atoms with Gasteiger partial charge in [-0.15, -0.1) is 0 Å². The van der Waals surface area contributed by atoms with Crippen molar-refractivity contribution >= 4 is 5.69 Å². The van der Waals surface area contributed by atoms with Gasteiger partial charge in [-0.1, -0.05) is 17.3 Å². The van der Waals surface area contributed by atoms with E-state index in [0.717, 1.165) is 11.1 Å². The van der Waals surface area contributed by atoms with Gasteiger partial charge >= 0.3 is 0 Å². The second-order valence-corrected chi connectivity index (χ2v) is 4.32. The summed E-state index contributed by atoms with van der Waals surface area (Å²) in [5, 5.41) is 3.95. The first-order valence-corrected chi connectivity index (χ1v) is 5.83. The van der Waals surface area contributed by atoms with Gasteiger partial charge in [0.2, 0.25) is 5.82 Å². The minimum atomic E-state index is 0.411. The Hall–Kier alpha value is -2.63. The van der Waals surface area contributed by atoms with Crippen LogP contribution in [-0.4, -0.2) is 19.7 Å². The smallest absolute Gasteiger partial charge is 0.260 e. The Morgan fingerprint density at radius 3 is 2.84 bits per heavy atom. The van der Waals surface area contributed by atoms with Crippen molar-refractivity contribution < 1.29 is 4.52 Å². The van der Waals surface area contributed by atoms with Gasteiger partial charge in [-0.3, -0.25) is 0 Å². The molecule has 0 radical (unpaired) electrons. The van der Waals surface area contributed by atoms with Crippen molar-refractivity contribution in [1.29, 1.82) is 0 Å². The zero-order chi connectivity index (χ0) is 13.4. The van der Waals surface area contributed by atoms with Crippen molar-refractivity contribution in [2.45, 2.75) is 6.92 Å². The zero-order valence-corrected chi connectivity index (χ0v) is 10.7. The molecule has 0 amide bonds. The lowest BCUT2D eigenvalue weighted by Crippen LogP contribution is -1.94. The quantitative estimate of drug-likeness (QED) is 0.708. The molecule has 6 nitrogen and oxygen atoms in total. The van der Waals surface area contributed by atoms with Gasteiger partial charge in [0, 0.05) is 25.1 Å². The van der Waals surface area contributed by atoms with Crippen LogP contribution in [0.15, 0.2) is 35.1 Å². The van der Waals surface area contributed by atoms with Crippen LogP contribution in [0.4, 0.5) is 5.69 Å². The molecule has 19 heavy (non-hydrogen) atoms. The maximum atomic E-state index is 5.96. The summed E-state index contributed by atoms with van der Waals surface area (Å²) >= 11 is 0. The molecule has 2 N–H and O–H groups in total. The van der Waals surface area contributed by atoms with Crippen molar-refractivity contribution in [2.24, 2.45) is 7.05 Å². The van der Waals surface area contributed by atoms with Crippen molar-refractivity contribution in [3.05, 3.63) is 36.2 Å². The summed E-state index contributed by atoms with van der Waals surface area (Å²) in [5.74, 6) is 1.51. The van der Waals surface area contributed by atoms with Crippen molar-refractivity contribution in [3.8, 4) is 23.1 Å². The van der Waals surface area contributed by atoms with E-state index in [-0.39, 0.29) is 0 Å². The minimum Gasteiger partial charge on any atom is -0.398 e. The summed E-state index contributed by atoms with van der Waals surface area (Å²) in [6, 6.07) is 5.66. The lowest BCUT2D eigenvalue weighted by molar-refractivity contribution is 0.431. The van der Waals surface area contributed by atoms with E-state index in [0.29, 0.717) is 23.2 Å². The molecule has 0 atom stereocenters. The van der Waals surface area contributed by atoms with Crippen molar-refractivity contribution in [1.82, 2.24) is 19.7 Å². The molecule has 0 fully saturated rings. The highest BCUT2D eigenvalue weighted by molar-refractivity contribution is 5.74. The molecule has 0 aliphatic carbocycles. The van der Waals surface area contributed by atoms with E-state index in [1.54, 1.807) is 6.20 Å². The standard InChI is InChI=1S/C13H13N5O/c1-8-4-3-5-9(14)10(8)13-16-11(17-19-13)12-15-6-7-18(12)2/h3-7H,14H2,1-2H3. The Kier molecular flexibility index (Phi) is 2.56. The first kappa shape index (κ1) is 11.5. The fourth-order valence-corrected chi connectivity index (χ4v) is 1.98. The van der Waals surface area contributed by atoms with E-state index >= 15 is 0 Å². The number of hydrogen-bond acceptors (Lipinski definition) is 5. The van der Waals surface area contributed by atoms with Gasteiger partial charge in [0.1, 0.15) is 0 Å². The average molecular weight is 255 g/mol. The molecule has 0 saturated carbocycles. The van der Waals surface area contributed by atoms with E-state index in [1.807, 2.05) is 42.9 Å². The molecule has 0 unspecified atom stereocenters. The van der Waals surface area contributed by atoms with Gasteiger partial charge in [-0.05, 0) is 18.6 Å². The second kappa shape index (κ2) is 4.24. The Morgan fingerprint density at radius 1 is 1.32 bits per heavy atom. The third-order valence-corrected chi connectivity index (χ3v) is 2.97. The predicted molar refractivity (Wildman–Crippen MR) is 71.1 cm³/mol. The van der Waals surface area contributed by atoms with Crippen LogP contribution in [-0.2, 0) is 7.05 Å². The number of nitrogens with two attached hydrogens (primary N) is 1. The Labute approximate surface area is 109 Å². The summed E-state index contributed by atoms with van der Waals surface area (Å²) < 4.78 is 7.13. The van der Waals surface area contributed by atoms with Crippen LogP contribution in [0, 0.1) is 6.92 Å². The number of nitrogens with zero attached hydrogens (tertiary/aromatic N) is 4. The monoisotopic (exact) mass is 255 g/mol. The Bertz CT molecular complexity index is 708. The van der Waals surface area contributed by atoms with Gasteiger partial charge in [0.05, 0.1) is 5.56 Å². The van der Waals surface area contributed by atoms with Crippen LogP contribution < -0.4 is 5.73 Å². The fourth-order valence-electron chi connectivity index (χ4n) is 1.98. The van der Waals surface area contributed by atoms with E-state index in [1.165, 1.54) is 0 Å². The summed E-state index contributed by atoms with van der Waals surface area (Å²) in [5.41, 5.74) is 8.35. The molecule has 2 aromatic heterocycles. The maximum Gasteiger partial charge on any atom is 0.260 e. The number of aromatic nitrogens is 4. The van der Waals surface area contributed by atoms with Gasteiger partial charge < -0.3 is 14.8 Å². The number of imidazole rings is 1. The maximum absolute atomic E-state index is 5.96. The third-order valence-electron chi connectivity index (χ3n) is 2.97. The summed E-state index contributed by atoms with van der Waals surface area (Å²) in [7, 11) is 1.88. The minimum absolute atomic E-state index is 0.411. The van der Waals surface area contributed by atoms with E-state index in [9.17, 15) is 0 Å². The molecule has 0 spiro atoms. The number of anilines is 1. The molecule has 3 rings (SSSR count). The van der Waals surface area contributed by atoms with Crippen molar-refractivity contribution in [3.63, 3.8) is 0 Å². The van der Waals surface area contributed by atoms with Gasteiger partial charge in [0.15, 0.2) is 5.82 Å². The summed E-state index contributed by atoms with van der Waals surface area (Å²) in [4.78, 5) is 8.55. The molecule has 96 valence electrons. The van der Waals surface area contributed by atoms with E-state index < -0.39 is 0 Å². The molecular formula is C13H13N5O. The predicted octanol–water partition coefficient (Wildman–Crippen LogP) is 2.03. The third kappa shape index (κ3) is 1.87. The van der Waals surface area contributed by atoms with Crippen LogP contribution >= 0.6 is 0 Å². The molecule has 0 aliphatic heterocycles. The molecule has 2 heterocycles. The van der Waals surface area contributed by atoms with Gasteiger partial charge in [0.25, 0.3) is 5.89 Å². The van der Waals surface area contributed by atoms with Gasteiger partial charge in [-0.25, -0.2) is 4.98 Å². The Morgan fingerprint density at radius 2 is 2.16 bits per heavy atom. The molecule has 0 saturated heterocycles. The fraction of sp³-hybridized carbons (Fsp3) is 0.154. The number of nitrogen functional groups attached to an aromatic ring is 1. The molecule has 1 aromatic carbocycles. The highest BCUT2D eigenvalue weighted by atomic mass is 16.5. The normalized spacial score (nSPS) is 10.8. The lowest BCUT2D eigenvalue weighted by Gasteiger charge is -2.03. The van der Waals surface area contributed by atoms with Crippen LogP contribution in [0.25, 0.3) is 23.1 Å². The first-order valence-electron chi connectivity index (χ1n) is 5.83. The number of aryl methyl sites for hydroxylation is 2. The number of benzene rings is 1.